The van der Waals surface area contributed by atoms with Crippen molar-refractivity contribution in [3.63, 3.8) is 0 Å². The van der Waals surface area contributed by atoms with E-state index in [1.807, 2.05) is 81.4 Å². The molecule has 0 saturated carbocycles. The summed E-state index contributed by atoms with van der Waals surface area (Å²) in [5.41, 5.74) is 3.09. The summed E-state index contributed by atoms with van der Waals surface area (Å²) in [7, 11) is -3.62. The zero-order chi connectivity index (χ0) is 29.3. The van der Waals surface area contributed by atoms with E-state index in [-0.39, 0.29) is 43.8 Å². The highest BCUT2D eigenvalue weighted by Crippen LogP contribution is 2.27. The van der Waals surface area contributed by atoms with Crippen LogP contribution in [-0.4, -0.2) is 50.0 Å². The Kier molecular flexibility index (Phi) is 11.2. The van der Waals surface area contributed by atoms with Gasteiger partial charge in [-0.3, -0.25) is 13.9 Å². The molecule has 1 N–H and O–H groups in total. The largest absolute Gasteiger partial charge is 0.352 e. The minimum absolute atomic E-state index is 0.0682. The molecule has 0 radical (unpaired) electrons. The summed E-state index contributed by atoms with van der Waals surface area (Å²) in [5.74, 6) is -0.449. The second kappa shape index (κ2) is 14.3. The zero-order valence-corrected chi connectivity index (χ0v) is 25.1. The first-order valence-electron chi connectivity index (χ1n) is 13.4. The third-order valence-electron chi connectivity index (χ3n) is 6.49. The maximum atomic E-state index is 13.8. The van der Waals surface area contributed by atoms with Crippen LogP contribution in [-0.2, 0) is 32.6 Å². The summed E-state index contributed by atoms with van der Waals surface area (Å²) in [6.45, 7) is 5.95. The van der Waals surface area contributed by atoms with Crippen LogP contribution in [0.5, 0.6) is 0 Å². The summed E-state index contributed by atoms with van der Waals surface area (Å²) in [6, 6.07) is 23.4. The standard InChI is InChI=1S/C31H38ClN3O4S/c1-23(2)33-31(37)29(20-25-12-7-5-8-13-25)34(22-26-14-9-6-10-15-26)30(36)16-11-19-35(40(4,38)39)28-21-27(32)18-17-24(28)3/h5-10,12-15,17-18,21,23,29H,11,16,19-20,22H2,1-4H3,(H,33,37)/t29-/m1/s1. The molecule has 0 aliphatic carbocycles. The fraction of sp³-hybridized carbons (Fsp3) is 0.355. The Balaban J connectivity index is 1.88. The van der Waals surface area contributed by atoms with E-state index in [1.165, 1.54) is 4.31 Å². The van der Waals surface area contributed by atoms with E-state index in [0.29, 0.717) is 17.1 Å². The van der Waals surface area contributed by atoms with Gasteiger partial charge in [0.1, 0.15) is 6.04 Å². The molecular formula is C31H38ClN3O4S. The van der Waals surface area contributed by atoms with Crippen molar-refractivity contribution in [3.8, 4) is 0 Å². The SMILES string of the molecule is Cc1ccc(Cl)cc1N(CCCC(=O)N(Cc1ccccc1)[C@H](Cc1ccccc1)C(=O)NC(C)C)S(C)(=O)=O. The van der Waals surface area contributed by atoms with E-state index in [1.54, 1.807) is 23.1 Å². The van der Waals surface area contributed by atoms with Gasteiger partial charge in [0.15, 0.2) is 0 Å². The van der Waals surface area contributed by atoms with Gasteiger partial charge in [-0.1, -0.05) is 78.3 Å². The van der Waals surface area contributed by atoms with Crippen molar-refractivity contribution in [2.24, 2.45) is 0 Å². The predicted octanol–water partition coefficient (Wildman–Crippen LogP) is 5.36. The van der Waals surface area contributed by atoms with Crippen LogP contribution < -0.4 is 9.62 Å². The Bertz CT molecular complexity index is 1380. The molecule has 2 amide bonds. The Labute approximate surface area is 243 Å². The summed E-state index contributed by atoms with van der Waals surface area (Å²) in [5, 5.41) is 3.41. The first-order valence-corrected chi connectivity index (χ1v) is 15.6. The molecule has 0 bridgehead atoms. The number of amides is 2. The van der Waals surface area contributed by atoms with Crippen LogP contribution >= 0.6 is 11.6 Å². The normalized spacial score (nSPS) is 12.2. The highest BCUT2D eigenvalue weighted by Gasteiger charge is 2.31. The number of anilines is 1. The highest BCUT2D eigenvalue weighted by molar-refractivity contribution is 7.92. The number of nitrogens with one attached hydrogen (secondary N) is 1. The Hall–Kier alpha value is -3.36. The van der Waals surface area contributed by atoms with Crippen molar-refractivity contribution in [3.05, 3.63) is 101 Å². The lowest BCUT2D eigenvalue weighted by molar-refractivity contribution is -0.141. The van der Waals surface area contributed by atoms with Crippen LogP contribution in [0.25, 0.3) is 0 Å². The molecule has 0 aromatic heterocycles. The van der Waals surface area contributed by atoms with Crippen LogP contribution in [0.1, 0.15) is 43.4 Å². The number of nitrogens with zero attached hydrogens (tertiary/aromatic N) is 2. The molecule has 3 aromatic carbocycles. The van der Waals surface area contributed by atoms with E-state index in [0.717, 1.165) is 22.9 Å². The quantitative estimate of drug-likeness (QED) is 0.293. The molecule has 3 rings (SSSR count). The number of hydrogen-bond acceptors (Lipinski definition) is 4. The third-order valence-corrected chi connectivity index (χ3v) is 7.90. The average molecular weight is 584 g/mol. The summed E-state index contributed by atoms with van der Waals surface area (Å²) in [6.07, 6.45) is 1.84. The van der Waals surface area contributed by atoms with Crippen LogP contribution in [0.2, 0.25) is 5.02 Å². The number of sulfonamides is 1. The molecule has 0 aliphatic heterocycles. The van der Waals surface area contributed by atoms with Gasteiger partial charge in [-0.25, -0.2) is 8.42 Å². The predicted molar refractivity (Wildman–Crippen MR) is 162 cm³/mol. The van der Waals surface area contributed by atoms with Gasteiger partial charge in [-0.05, 0) is 56.0 Å². The fourth-order valence-electron chi connectivity index (χ4n) is 4.55. The number of hydrogen-bond donors (Lipinski definition) is 1. The average Bonchev–Trinajstić information content (AvgIpc) is 2.90. The number of halogens is 1. The zero-order valence-electron chi connectivity index (χ0n) is 23.5. The number of benzene rings is 3. The second-order valence-electron chi connectivity index (χ2n) is 10.2. The molecule has 214 valence electrons. The van der Waals surface area contributed by atoms with Gasteiger partial charge in [0, 0.05) is 37.0 Å². The van der Waals surface area contributed by atoms with E-state index < -0.39 is 16.1 Å². The van der Waals surface area contributed by atoms with E-state index in [2.05, 4.69) is 5.32 Å². The van der Waals surface area contributed by atoms with E-state index in [4.69, 9.17) is 11.6 Å². The number of aryl methyl sites for hydroxylation is 1. The van der Waals surface area contributed by atoms with Crippen LogP contribution in [0, 0.1) is 6.92 Å². The molecular weight excluding hydrogens is 546 g/mol. The number of carbonyl (C=O) groups is 2. The van der Waals surface area contributed by atoms with Crippen molar-refractivity contribution in [2.75, 3.05) is 17.1 Å². The summed E-state index contributed by atoms with van der Waals surface area (Å²) >= 11 is 6.16. The maximum absolute atomic E-state index is 13.8. The smallest absolute Gasteiger partial charge is 0.243 e. The molecule has 0 unspecified atom stereocenters. The second-order valence-corrected chi connectivity index (χ2v) is 12.6. The molecule has 0 heterocycles. The van der Waals surface area contributed by atoms with Crippen molar-refractivity contribution in [1.29, 1.82) is 0 Å². The fourth-order valence-corrected chi connectivity index (χ4v) is 5.73. The van der Waals surface area contributed by atoms with Gasteiger partial charge < -0.3 is 10.2 Å². The molecule has 0 fully saturated rings. The molecule has 7 nitrogen and oxygen atoms in total. The first kappa shape index (κ1) is 31.2. The van der Waals surface area contributed by atoms with E-state index in [9.17, 15) is 18.0 Å². The van der Waals surface area contributed by atoms with Crippen molar-refractivity contribution < 1.29 is 18.0 Å². The Morgan fingerprint density at radius 3 is 2.10 bits per heavy atom. The summed E-state index contributed by atoms with van der Waals surface area (Å²) < 4.78 is 26.7. The molecule has 0 saturated heterocycles. The van der Waals surface area contributed by atoms with Crippen LogP contribution in [0.15, 0.2) is 78.9 Å². The lowest BCUT2D eigenvalue weighted by Crippen LogP contribution is -2.51. The highest BCUT2D eigenvalue weighted by atomic mass is 35.5. The van der Waals surface area contributed by atoms with Crippen LogP contribution in [0.4, 0.5) is 5.69 Å². The lowest BCUT2D eigenvalue weighted by atomic mass is 10.0. The summed E-state index contributed by atoms with van der Waals surface area (Å²) in [4.78, 5) is 28.9. The van der Waals surface area contributed by atoms with Crippen molar-refractivity contribution >= 4 is 39.1 Å². The van der Waals surface area contributed by atoms with E-state index >= 15 is 0 Å². The Morgan fingerprint density at radius 1 is 0.925 bits per heavy atom. The van der Waals surface area contributed by atoms with Gasteiger partial charge >= 0.3 is 0 Å². The van der Waals surface area contributed by atoms with Crippen LogP contribution in [0.3, 0.4) is 0 Å². The molecule has 0 spiro atoms. The minimum Gasteiger partial charge on any atom is -0.352 e. The minimum atomic E-state index is -3.62. The number of rotatable bonds is 13. The lowest BCUT2D eigenvalue weighted by Gasteiger charge is -2.32. The molecule has 9 heteroatoms. The monoisotopic (exact) mass is 583 g/mol. The van der Waals surface area contributed by atoms with Crippen molar-refractivity contribution in [2.45, 2.75) is 58.7 Å². The van der Waals surface area contributed by atoms with Gasteiger partial charge in [0.2, 0.25) is 21.8 Å². The van der Waals surface area contributed by atoms with Gasteiger partial charge in [-0.2, -0.15) is 0 Å². The number of carbonyl (C=O) groups excluding carboxylic acids is 2. The first-order chi connectivity index (χ1) is 19.0. The topological polar surface area (TPSA) is 86.8 Å². The third kappa shape index (κ3) is 9.10. The maximum Gasteiger partial charge on any atom is 0.243 e. The van der Waals surface area contributed by atoms with Gasteiger partial charge in [-0.15, -0.1) is 0 Å². The molecule has 3 aromatic rings. The molecule has 0 aliphatic rings. The van der Waals surface area contributed by atoms with Crippen molar-refractivity contribution in [1.82, 2.24) is 10.2 Å². The van der Waals surface area contributed by atoms with Gasteiger partial charge in [0.25, 0.3) is 0 Å². The van der Waals surface area contributed by atoms with Gasteiger partial charge in [0.05, 0.1) is 11.9 Å². The Morgan fingerprint density at radius 2 is 1.52 bits per heavy atom. The molecule has 1 atom stereocenters. The molecule has 40 heavy (non-hydrogen) atoms.